The van der Waals surface area contributed by atoms with Gasteiger partial charge in [0.15, 0.2) is 0 Å². The van der Waals surface area contributed by atoms with E-state index in [1.54, 1.807) is 0 Å². The molecule has 5 nitrogen and oxygen atoms in total. The van der Waals surface area contributed by atoms with Crippen molar-refractivity contribution in [3.63, 3.8) is 0 Å². The fraction of sp³-hybridized carbons (Fsp3) is 0.818. The molecule has 1 aliphatic rings. The highest BCUT2D eigenvalue weighted by atomic mass is 16.4. The van der Waals surface area contributed by atoms with Crippen LogP contribution in [0.5, 0.6) is 0 Å². The van der Waals surface area contributed by atoms with Crippen LogP contribution < -0.4 is 5.32 Å². The van der Waals surface area contributed by atoms with E-state index in [4.69, 9.17) is 10.2 Å². The minimum atomic E-state index is -1.06. The highest BCUT2D eigenvalue weighted by molar-refractivity contribution is 5.77. The summed E-state index contributed by atoms with van der Waals surface area (Å²) in [4.78, 5) is 21.2. The van der Waals surface area contributed by atoms with Gasteiger partial charge in [-0.1, -0.05) is 12.8 Å². The Morgan fingerprint density at radius 3 is 2.38 bits per heavy atom. The summed E-state index contributed by atoms with van der Waals surface area (Å²) in [6.07, 6.45) is 4.59. The SMILES string of the molecule is O=C(O)CC(CNCC1CCCC1)C(=O)O. The molecule has 1 saturated carbocycles. The summed E-state index contributed by atoms with van der Waals surface area (Å²) in [5.41, 5.74) is 0. The smallest absolute Gasteiger partial charge is 0.308 e. The van der Waals surface area contributed by atoms with Gasteiger partial charge in [-0.3, -0.25) is 9.59 Å². The molecule has 0 saturated heterocycles. The van der Waals surface area contributed by atoms with Gasteiger partial charge in [-0.25, -0.2) is 0 Å². The van der Waals surface area contributed by atoms with E-state index in [9.17, 15) is 9.59 Å². The van der Waals surface area contributed by atoms with Gasteiger partial charge in [0.25, 0.3) is 0 Å². The molecule has 0 aromatic heterocycles. The lowest BCUT2D eigenvalue weighted by Crippen LogP contribution is -2.32. The number of hydrogen-bond acceptors (Lipinski definition) is 3. The number of carboxylic acid groups (broad SMARTS) is 2. The molecule has 1 aliphatic carbocycles. The number of hydrogen-bond donors (Lipinski definition) is 3. The van der Waals surface area contributed by atoms with E-state index < -0.39 is 17.9 Å². The van der Waals surface area contributed by atoms with Crippen molar-refractivity contribution in [3.05, 3.63) is 0 Å². The second-order valence-corrected chi connectivity index (χ2v) is 4.44. The molecule has 0 heterocycles. The van der Waals surface area contributed by atoms with Gasteiger partial charge in [-0.05, 0) is 25.3 Å². The molecular weight excluding hydrogens is 210 g/mol. The van der Waals surface area contributed by atoms with E-state index in [1.807, 2.05) is 0 Å². The van der Waals surface area contributed by atoms with Crippen molar-refractivity contribution >= 4 is 11.9 Å². The first kappa shape index (κ1) is 13.0. The fourth-order valence-electron chi connectivity index (χ4n) is 2.13. The molecule has 1 unspecified atom stereocenters. The Bertz CT molecular complexity index is 248. The van der Waals surface area contributed by atoms with Crippen molar-refractivity contribution in [2.75, 3.05) is 13.1 Å². The van der Waals surface area contributed by atoms with Crippen molar-refractivity contribution < 1.29 is 19.8 Å². The van der Waals surface area contributed by atoms with Gasteiger partial charge >= 0.3 is 11.9 Å². The van der Waals surface area contributed by atoms with Gasteiger partial charge < -0.3 is 15.5 Å². The normalized spacial score (nSPS) is 18.5. The molecule has 92 valence electrons. The summed E-state index contributed by atoms with van der Waals surface area (Å²) < 4.78 is 0. The molecule has 0 amide bonds. The van der Waals surface area contributed by atoms with E-state index in [1.165, 1.54) is 25.7 Å². The van der Waals surface area contributed by atoms with Crippen LogP contribution in [0.15, 0.2) is 0 Å². The molecule has 1 fully saturated rings. The van der Waals surface area contributed by atoms with Crippen molar-refractivity contribution in [2.24, 2.45) is 11.8 Å². The molecule has 0 aromatic rings. The lowest BCUT2D eigenvalue weighted by Gasteiger charge is -2.14. The van der Waals surface area contributed by atoms with Crippen LogP contribution in [-0.2, 0) is 9.59 Å². The maximum Gasteiger partial charge on any atom is 0.308 e. The molecule has 0 radical (unpaired) electrons. The van der Waals surface area contributed by atoms with Crippen LogP contribution in [0.1, 0.15) is 32.1 Å². The summed E-state index contributed by atoms with van der Waals surface area (Å²) >= 11 is 0. The standard InChI is InChI=1S/C11H19NO4/c13-10(14)5-9(11(15)16)7-12-6-8-3-1-2-4-8/h8-9,12H,1-7H2,(H,13,14)(H,15,16). The van der Waals surface area contributed by atoms with Gasteiger partial charge in [0, 0.05) is 6.54 Å². The highest BCUT2D eigenvalue weighted by Gasteiger charge is 2.21. The Labute approximate surface area is 94.8 Å². The Morgan fingerprint density at radius 1 is 1.25 bits per heavy atom. The molecular formula is C11H19NO4. The van der Waals surface area contributed by atoms with Crippen LogP contribution in [0, 0.1) is 11.8 Å². The third-order valence-corrected chi connectivity index (χ3v) is 3.07. The summed E-state index contributed by atoms with van der Waals surface area (Å²) in [7, 11) is 0. The van der Waals surface area contributed by atoms with Gasteiger partial charge in [0.05, 0.1) is 12.3 Å². The van der Waals surface area contributed by atoms with E-state index in [-0.39, 0.29) is 13.0 Å². The van der Waals surface area contributed by atoms with Crippen LogP contribution in [0.2, 0.25) is 0 Å². The third-order valence-electron chi connectivity index (χ3n) is 3.07. The molecule has 5 heteroatoms. The lowest BCUT2D eigenvalue weighted by atomic mass is 10.0. The van der Waals surface area contributed by atoms with Crippen molar-refractivity contribution in [1.82, 2.24) is 5.32 Å². The molecule has 3 N–H and O–H groups in total. The van der Waals surface area contributed by atoms with Crippen molar-refractivity contribution in [1.29, 1.82) is 0 Å². The number of nitrogens with one attached hydrogen (secondary N) is 1. The summed E-state index contributed by atoms with van der Waals surface area (Å²) in [5, 5.41) is 20.4. The fourth-order valence-corrected chi connectivity index (χ4v) is 2.13. The monoisotopic (exact) mass is 229 g/mol. The number of carboxylic acids is 2. The molecule has 0 spiro atoms. The Kier molecular flexibility index (Phi) is 5.25. The molecule has 16 heavy (non-hydrogen) atoms. The second kappa shape index (κ2) is 6.48. The van der Waals surface area contributed by atoms with Gasteiger partial charge in [-0.15, -0.1) is 0 Å². The first-order valence-electron chi connectivity index (χ1n) is 5.75. The Balaban J connectivity index is 2.21. The molecule has 0 aromatic carbocycles. The lowest BCUT2D eigenvalue weighted by molar-refractivity contribution is -0.148. The van der Waals surface area contributed by atoms with E-state index in [0.717, 1.165) is 6.54 Å². The van der Waals surface area contributed by atoms with Crippen LogP contribution in [0.4, 0.5) is 0 Å². The zero-order chi connectivity index (χ0) is 12.0. The zero-order valence-electron chi connectivity index (χ0n) is 9.32. The summed E-state index contributed by atoms with van der Waals surface area (Å²) in [5.74, 6) is -2.28. The van der Waals surface area contributed by atoms with Crippen LogP contribution in [-0.4, -0.2) is 35.2 Å². The molecule has 1 rings (SSSR count). The number of aliphatic carboxylic acids is 2. The maximum atomic E-state index is 10.8. The maximum absolute atomic E-state index is 10.8. The van der Waals surface area contributed by atoms with Crippen molar-refractivity contribution in [2.45, 2.75) is 32.1 Å². The van der Waals surface area contributed by atoms with Crippen LogP contribution in [0.3, 0.4) is 0 Å². The van der Waals surface area contributed by atoms with Gasteiger partial charge in [-0.2, -0.15) is 0 Å². The van der Waals surface area contributed by atoms with E-state index >= 15 is 0 Å². The molecule has 0 aliphatic heterocycles. The van der Waals surface area contributed by atoms with E-state index in [2.05, 4.69) is 5.32 Å². The predicted molar refractivity (Wildman–Crippen MR) is 58.2 cm³/mol. The van der Waals surface area contributed by atoms with Gasteiger partial charge in [0.2, 0.25) is 0 Å². The average molecular weight is 229 g/mol. The minimum absolute atomic E-state index is 0.248. The second-order valence-electron chi connectivity index (χ2n) is 4.44. The quantitative estimate of drug-likeness (QED) is 0.605. The van der Waals surface area contributed by atoms with Crippen LogP contribution in [0.25, 0.3) is 0 Å². The number of rotatable bonds is 7. The third kappa shape index (κ3) is 4.61. The van der Waals surface area contributed by atoms with Crippen LogP contribution >= 0.6 is 0 Å². The molecule has 0 bridgehead atoms. The largest absolute Gasteiger partial charge is 0.481 e. The zero-order valence-corrected chi connectivity index (χ0v) is 9.32. The average Bonchev–Trinajstić information content (AvgIpc) is 2.68. The van der Waals surface area contributed by atoms with Gasteiger partial charge in [0.1, 0.15) is 0 Å². The minimum Gasteiger partial charge on any atom is -0.481 e. The molecule has 1 atom stereocenters. The first-order chi connectivity index (χ1) is 7.59. The first-order valence-corrected chi connectivity index (χ1v) is 5.75. The number of carbonyl (C=O) groups is 2. The highest BCUT2D eigenvalue weighted by Crippen LogP contribution is 2.23. The Hall–Kier alpha value is -1.10. The summed E-state index contributed by atoms with van der Waals surface area (Å²) in [6.45, 7) is 1.06. The summed E-state index contributed by atoms with van der Waals surface area (Å²) in [6, 6.07) is 0. The topological polar surface area (TPSA) is 86.6 Å². The van der Waals surface area contributed by atoms with Crippen molar-refractivity contribution in [3.8, 4) is 0 Å². The Morgan fingerprint density at radius 2 is 1.88 bits per heavy atom. The predicted octanol–water partition coefficient (Wildman–Crippen LogP) is 0.942. The van der Waals surface area contributed by atoms with E-state index in [0.29, 0.717) is 5.92 Å².